The number of ether oxygens (including phenoxy) is 1. The number of aromatic nitrogens is 2. The predicted molar refractivity (Wildman–Crippen MR) is 61.0 cm³/mol. The van der Waals surface area contributed by atoms with Crippen molar-refractivity contribution in [3.05, 3.63) is 22.8 Å². The first kappa shape index (κ1) is 12.0. The monoisotopic (exact) mass is 236 g/mol. The van der Waals surface area contributed by atoms with Gasteiger partial charge < -0.3 is 9.84 Å². The lowest BCUT2D eigenvalue weighted by molar-refractivity contribution is -0.136. The SMILES string of the molecule is Cc1nc(C2CCOC2)nc(C)c1CC(=O)O. The average molecular weight is 236 g/mol. The second kappa shape index (κ2) is 4.79. The van der Waals surface area contributed by atoms with Crippen LogP contribution in [0.25, 0.3) is 0 Å². The zero-order valence-corrected chi connectivity index (χ0v) is 10.1. The topological polar surface area (TPSA) is 72.3 Å². The van der Waals surface area contributed by atoms with Gasteiger partial charge in [-0.3, -0.25) is 4.79 Å². The van der Waals surface area contributed by atoms with Gasteiger partial charge in [-0.2, -0.15) is 0 Å². The predicted octanol–water partition coefficient (Wildman–Crippen LogP) is 1.22. The Morgan fingerprint density at radius 1 is 1.41 bits per heavy atom. The lowest BCUT2D eigenvalue weighted by Crippen LogP contribution is -2.12. The average Bonchev–Trinajstić information content (AvgIpc) is 2.76. The summed E-state index contributed by atoms with van der Waals surface area (Å²) in [5.41, 5.74) is 2.25. The number of hydrogen-bond acceptors (Lipinski definition) is 4. The molecule has 0 spiro atoms. The summed E-state index contributed by atoms with van der Waals surface area (Å²) >= 11 is 0. The van der Waals surface area contributed by atoms with E-state index in [1.807, 2.05) is 13.8 Å². The van der Waals surface area contributed by atoms with E-state index in [4.69, 9.17) is 9.84 Å². The summed E-state index contributed by atoms with van der Waals surface area (Å²) in [5, 5.41) is 8.82. The standard InChI is InChI=1S/C12H16N2O3/c1-7-10(5-11(15)16)8(2)14-12(13-7)9-3-4-17-6-9/h9H,3-6H2,1-2H3,(H,15,16). The van der Waals surface area contributed by atoms with Crippen molar-refractivity contribution in [2.75, 3.05) is 13.2 Å². The molecule has 0 aliphatic carbocycles. The van der Waals surface area contributed by atoms with Gasteiger partial charge >= 0.3 is 5.97 Å². The minimum absolute atomic E-state index is 0.0148. The van der Waals surface area contributed by atoms with Crippen molar-refractivity contribution in [2.24, 2.45) is 0 Å². The molecule has 0 radical (unpaired) electrons. The van der Waals surface area contributed by atoms with Gasteiger partial charge in [0.25, 0.3) is 0 Å². The van der Waals surface area contributed by atoms with Crippen molar-refractivity contribution in [3.8, 4) is 0 Å². The maximum absolute atomic E-state index is 10.7. The van der Waals surface area contributed by atoms with Crippen LogP contribution in [0.15, 0.2) is 0 Å². The molecule has 1 aliphatic rings. The summed E-state index contributed by atoms with van der Waals surface area (Å²) < 4.78 is 5.31. The molecule has 1 aromatic rings. The highest BCUT2D eigenvalue weighted by Gasteiger charge is 2.22. The third-order valence-electron chi connectivity index (χ3n) is 3.06. The van der Waals surface area contributed by atoms with E-state index < -0.39 is 5.97 Å². The fourth-order valence-electron chi connectivity index (χ4n) is 2.09. The van der Waals surface area contributed by atoms with Gasteiger partial charge in [-0.1, -0.05) is 0 Å². The van der Waals surface area contributed by atoms with Gasteiger partial charge in [-0.15, -0.1) is 0 Å². The van der Waals surface area contributed by atoms with Gasteiger partial charge in [0.2, 0.25) is 0 Å². The Kier molecular flexibility index (Phi) is 3.38. The number of hydrogen-bond donors (Lipinski definition) is 1. The first-order chi connectivity index (χ1) is 8.08. The molecule has 1 N–H and O–H groups in total. The molecule has 0 amide bonds. The Morgan fingerprint density at radius 2 is 2.06 bits per heavy atom. The molecule has 92 valence electrons. The minimum Gasteiger partial charge on any atom is -0.481 e. The molecule has 17 heavy (non-hydrogen) atoms. The van der Waals surface area contributed by atoms with Crippen molar-refractivity contribution >= 4 is 5.97 Å². The molecule has 1 atom stereocenters. The van der Waals surface area contributed by atoms with Crippen LogP contribution in [0, 0.1) is 13.8 Å². The first-order valence-corrected chi connectivity index (χ1v) is 5.71. The number of carboxylic acids is 1. The number of carbonyl (C=O) groups is 1. The largest absolute Gasteiger partial charge is 0.481 e. The van der Waals surface area contributed by atoms with Crippen LogP contribution in [0.4, 0.5) is 0 Å². The normalized spacial score (nSPS) is 19.5. The molecule has 1 aliphatic heterocycles. The highest BCUT2D eigenvalue weighted by Crippen LogP contribution is 2.23. The fraction of sp³-hybridized carbons (Fsp3) is 0.583. The van der Waals surface area contributed by atoms with Crippen molar-refractivity contribution in [1.29, 1.82) is 0 Å². The van der Waals surface area contributed by atoms with Gasteiger partial charge in [0.15, 0.2) is 0 Å². The van der Waals surface area contributed by atoms with E-state index in [0.717, 1.165) is 35.8 Å². The van der Waals surface area contributed by atoms with Crippen LogP contribution < -0.4 is 0 Å². The van der Waals surface area contributed by atoms with Crippen LogP contribution >= 0.6 is 0 Å². The number of carboxylic acid groups (broad SMARTS) is 1. The molecule has 1 saturated heterocycles. The number of aliphatic carboxylic acids is 1. The van der Waals surface area contributed by atoms with Crippen molar-refractivity contribution < 1.29 is 14.6 Å². The Labute approximate surface area is 99.9 Å². The summed E-state index contributed by atoms with van der Waals surface area (Å²) in [6.07, 6.45) is 0.927. The van der Waals surface area contributed by atoms with Crippen molar-refractivity contribution in [2.45, 2.75) is 32.6 Å². The summed E-state index contributed by atoms with van der Waals surface area (Å²) in [4.78, 5) is 19.6. The molecule has 0 aromatic carbocycles. The van der Waals surface area contributed by atoms with E-state index in [0.29, 0.717) is 6.61 Å². The Hall–Kier alpha value is -1.49. The zero-order chi connectivity index (χ0) is 12.4. The van der Waals surface area contributed by atoms with Crippen LogP contribution in [-0.2, 0) is 16.0 Å². The van der Waals surface area contributed by atoms with Gasteiger partial charge in [-0.25, -0.2) is 9.97 Å². The quantitative estimate of drug-likeness (QED) is 0.854. The zero-order valence-electron chi connectivity index (χ0n) is 10.1. The van der Waals surface area contributed by atoms with E-state index in [9.17, 15) is 4.79 Å². The van der Waals surface area contributed by atoms with Crippen LogP contribution in [0.5, 0.6) is 0 Å². The van der Waals surface area contributed by atoms with Crippen LogP contribution in [-0.4, -0.2) is 34.3 Å². The molecule has 5 nitrogen and oxygen atoms in total. The van der Waals surface area contributed by atoms with Crippen molar-refractivity contribution in [3.63, 3.8) is 0 Å². The van der Waals surface area contributed by atoms with Gasteiger partial charge in [0, 0.05) is 29.5 Å². The molecule has 2 heterocycles. The molecule has 2 rings (SSSR count). The third-order valence-corrected chi connectivity index (χ3v) is 3.06. The van der Waals surface area contributed by atoms with Gasteiger partial charge in [0.05, 0.1) is 13.0 Å². The molecular weight excluding hydrogens is 220 g/mol. The second-order valence-corrected chi connectivity index (χ2v) is 4.36. The maximum atomic E-state index is 10.7. The summed E-state index contributed by atoms with van der Waals surface area (Å²) in [6, 6.07) is 0. The van der Waals surface area contributed by atoms with E-state index in [1.54, 1.807) is 0 Å². The summed E-state index contributed by atoms with van der Waals surface area (Å²) in [5.74, 6) is 0.190. The van der Waals surface area contributed by atoms with E-state index in [2.05, 4.69) is 9.97 Å². The molecule has 1 unspecified atom stereocenters. The van der Waals surface area contributed by atoms with Crippen LogP contribution in [0.2, 0.25) is 0 Å². The highest BCUT2D eigenvalue weighted by atomic mass is 16.5. The van der Waals surface area contributed by atoms with E-state index >= 15 is 0 Å². The Bertz CT molecular complexity index is 416. The second-order valence-electron chi connectivity index (χ2n) is 4.36. The Balaban J connectivity index is 2.30. The lowest BCUT2D eigenvalue weighted by Gasteiger charge is -2.12. The summed E-state index contributed by atoms with van der Waals surface area (Å²) in [6.45, 7) is 5.10. The Morgan fingerprint density at radius 3 is 2.53 bits per heavy atom. The van der Waals surface area contributed by atoms with Gasteiger partial charge in [0.1, 0.15) is 5.82 Å². The molecule has 0 saturated carbocycles. The van der Waals surface area contributed by atoms with Crippen molar-refractivity contribution in [1.82, 2.24) is 9.97 Å². The molecule has 0 bridgehead atoms. The number of rotatable bonds is 3. The molecule has 5 heteroatoms. The fourth-order valence-corrected chi connectivity index (χ4v) is 2.09. The van der Waals surface area contributed by atoms with E-state index in [-0.39, 0.29) is 12.3 Å². The van der Waals surface area contributed by atoms with Crippen LogP contribution in [0.1, 0.15) is 35.1 Å². The maximum Gasteiger partial charge on any atom is 0.307 e. The minimum atomic E-state index is -0.850. The highest BCUT2D eigenvalue weighted by molar-refractivity contribution is 5.70. The summed E-state index contributed by atoms with van der Waals surface area (Å²) in [7, 11) is 0. The van der Waals surface area contributed by atoms with Gasteiger partial charge in [-0.05, 0) is 20.3 Å². The molecule has 1 aromatic heterocycles. The molecule has 1 fully saturated rings. The van der Waals surface area contributed by atoms with E-state index in [1.165, 1.54) is 0 Å². The number of aryl methyl sites for hydroxylation is 2. The third kappa shape index (κ3) is 2.61. The van der Waals surface area contributed by atoms with Crippen LogP contribution in [0.3, 0.4) is 0 Å². The first-order valence-electron chi connectivity index (χ1n) is 5.71. The molecular formula is C12H16N2O3. The smallest absolute Gasteiger partial charge is 0.307 e. The lowest BCUT2D eigenvalue weighted by atomic mass is 10.1. The number of nitrogens with zero attached hydrogens (tertiary/aromatic N) is 2.